The monoisotopic (exact) mass is 549 g/mol. The lowest BCUT2D eigenvalue weighted by atomic mass is 10.0. The summed E-state index contributed by atoms with van der Waals surface area (Å²) in [5.74, 6) is 0.0273. The van der Waals surface area contributed by atoms with Crippen molar-refractivity contribution in [2.24, 2.45) is 5.92 Å². The van der Waals surface area contributed by atoms with E-state index < -0.39 is 11.8 Å². The summed E-state index contributed by atoms with van der Waals surface area (Å²) in [6, 6.07) is 13.8. The van der Waals surface area contributed by atoms with Crippen molar-refractivity contribution in [3.8, 4) is 5.75 Å². The van der Waals surface area contributed by atoms with E-state index in [-0.39, 0.29) is 37.0 Å². The summed E-state index contributed by atoms with van der Waals surface area (Å²) in [6.07, 6.45) is 3.35. The minimum absolute atomic E-state index is 0.0249. The van der Waals surface area contributed by atoms with Gasteiger partial charge in [0.05, 0.1) is 19.1 Å². The second kappa shape index (κ2) is 13.4. The number of ether oxygens (including phenoxy) is 1. The predicted octanol–water partition coefficient (Wildman–Crippen LogP) is 4.15. The van der Waals surface area contributed by atoms with Gasteiger partial charge in [-0.2, -0.15) is 0 Å². The highest BCUT2D eigenvalue weighted by Gasteiger charge is 2.31. The zero-order valence-corrected chi connectivity index (χ0v) is 23.0. The standard InChI is InChI=1S/C30H36FN5O4/c1-20-16-36(21(2)19-37)29(38)15-23-14-26(34-30(39)33-25-6-4-24(31)5-7-25)8-9-27(23)40-28(20)18-35(3)17-22-10-12-32-13-11-22/h4-14,20-21,28,37H,15-19H2,1-3H3,(H2,33,34,39)/t20-,21+,28+/m1/s1. The quantitative estimate of drug-likeness (QED) is 0.390. The lowest BCUT2D eigenvalue weighted by Gasteiger charge is -2.34. The summed E-state index contributed by atoms with van der Waals surface area (Å²) in [6.45, 7) is 5.49. The fourth-order valence-corrected chi connectivity index (χ4v) is 4.72. The number of anilines is 2. The SMILES string of the molecule is C[C@@H]1CN([C@@H](C)CO)C(=O)Cc2cc(NC(=O)Nc3ccc(F)cc3)ccc2O[C@H]1CN(C)Cc1ccncc1. The number of halogens is 1. The zero-order chi connectivity index (χ0) is 28.6. The first-order valence-corrected chi connectivity index (χ1v) is 13.3. The maximum absolute atomic E-state index is 13.4. The van der Waals surface area contributed by atoms with Gasteiger partial charge in [-0.3, -0.25) is 14.7 Å². The van der Waals surface area contributed by atoms with Crippen molar-refractivity contribution in [1.29, 1.82) is 0 Å². The van der Waals surface area contributed by atoms with E-state index in [0.29, 0.717) is 42.3 Å². The molecule has 1 aliphatic heterocycles. The van der Waals surface area contributed by atoms with Gasteiger partial charge in [-0.25, -0.2) is 9.18 Å². The minimum Gasteiger partial charge on any atom is -0.488 e. The van der Waals surface area contributed by atoms with Crippen molar-refractivity contribution in [2.45, 2.75) is 39.0 Å². The van der Waals surface area contributed by atoms with Gasteiger partial charge in [-0.05, 0) is 74.1 Å². The number of hydrogen-bond donors (Lipinski definition) is 3. The molecule has 0 fully saturated rings. The van der Waals surface area contributed by atoms with Crippen molar-refractivity contribution in [2.75, 3.05) is 37.4 Å². The Morgan fingerprint density at radius 1 is 1.15 bits per heavy atom. The van der Waals surface area contributed by atoms with Crippen LogP contribution in [0.1, 0.15) is 25.0 Å². The molecule has 4 rings (SSSR count). The molecule has 1 aliphatic rings. The van der Waals surface area contributed by atoms with E-state index in [4.69, 9.17) is 4.74 Å². The molecule has 212 valence electrons. The molecule has 40 heavy (non-hydrogen) atoms. The number of aromatic nitrogens is 1. The van der Waals surface area contributed by atoms with E-state index in [9.17, 15) is 19.1 Å². The predicted molar refractivity (Wildman–Crippen MR) is 152 cm³/mol. The van der Waals surface area contributed by atoms with Gasteiger partial charge < -0.3 is 25.4 Å². The Morgan fingerprint density at radius 2 is 1.82 bits per heavy atom. The highest BCUT2D eigenvalue weighted by molar-refractivity contribution is 5.99. The van der Waals surface area contributed by atoms with Crippen molar-refractivity contribution in [3.05, 3.63) is 83.9 Å². The smallest absolute Gasteiger partial charge is 0.323 e. The summed E-state index contributed by atoms with van der Waals surface area (Å²) in [4.78, 5) is 33.9. The molecule has 0 radical (unpaired) electrons. The topological polar surface area (TPSA) is 107 Å². The van der Waals surface area contributed by atoms with Crippen LogP contribution in [0.3, 0.4) is 0 Å². The molecule has 10 heteroatoms. The van der Waals surface area contributed by atoms with E-state index in [1.807, 2.05) is 26.1 Å². The van der Waals surface area contributed by atoms with E-state index >= 15 is 0 Å². The van der Waals surface area contributed by atoms with Gasteiger partial charge >= 0.3 is 6.03 Å². The third kappa shape index (κ3) is 7.77. The lowest BCUT2D eigenvalue weighted by molar-refractivity contribution is -0.134. The molecule has 1 aromatic heterocycles. The van der Waals surface area contributed by atoms with Gasteiger partial charge in [0.15, 0.2) is 0 Å². The number of aliphatic hydroxyl groups is 1. The van der Waals surface area contributed by atoms with Crippen LogP contribution in [0.2, 0.25) is 0 Å². The molecular weight excluding hydrogens is 513 g/mol. The summed E-state index contributed by atoms with van der Waals surface area (Å²) >= 11 is 0. The Labute approximate surface area is 234 Å². The number of likely N-dealkylation sites (N-methyl/N-ethyl adjacent to an activating group) is 1. The normalized spacial score (nSPS) is 18.1. The largest absolute Gasteiger partial charge is 0.488 e. The molecule has 3 aromatic rings. The second-order valence-electron chi connectivity index (χ2n) is 10.3. The molecule has 3 atom stereocenters. The summed E-state index contributed by atoms with van der Waals surface area (Å²) in [7, 11) is 2.02. The number of nitrogens with zero attached hydrogens (tertiary/aromatic N) is 3. The third-order valence-corrected chi connectivity index (χ3v) is 6.97. The number of benzene rings is 2. The van der Waals surface area contributed by atoms with Crippen LogP contribution in [0.4, 0.5) is 20.6 Å². The molecule has 3 amide bonds. The van der Waals surface area contributed by atoms with E-state index in [0.717, 1.165) is 5.56 Å². The first kappa shape index (κ1) is 29.0. The Hall–Kier alpha value is -4.02. The Bertz CT molecular complexity index is 1290. The zero-order valence-electron chi connectivity index (χ0n) is 23.0. The number of pyridine rings is 1. The van der Waals surface area contributed by atoms with Gasteiger partial charge in [0, 0.05) is 54.9 Å². The molecule has 0 saturated carbocycles. The molecule has 2 heterocycles. The Morgan fingerprint density at radius 3 is 2.52 bits per heavy atom. The molecule has 0 spiro atoms. The number of urea groups is 1. The number of hydrogen-bond acceptors (Lipinski definition) is 6. The van der Waals surface area contributed by atoms with Crippen LogP contribution in [0, 0.1) is 11.7 Å². The minimum atomic E-state index is -0.498. The maximum Gasteiger partial charge on any atom is 0.323 e. The molecule has 3 N–H and O–H groups in total. The molecule has 9 nitrogen and oxygen atoms in total. The van der Waals surface area contributed by atoms with Crippen LogP contribution in [-0.4, -0.2) is 70.7 Å². The Kier molecular flexibility index (Phi) is 9.68. The highest BCUT2D eigenvalue weighted by Crippen LogP contribution is 2.29. The van der Waals surface area contributed by atoms with Crippen LogP contribution in [-0.2, 0) is 17.8 Å². The number of carbonyl (C=O) groups excluding carboxylic acids is 2. The fraction of sp³-hybridized carbons (Fsp3) is 0.367. The van der Waals surface area contributed by atoms with Crippen molar-refractivity contribution >= 4 is 23.3 Å². The van der Waals surface area contributed by atoms with Crippen molar-refractivity contribution in [1.82, 2.24) is 14.8 Å². The maximum atomic E-state index is 13.4. The first-order valence-electron chi connectivity index (χ1n) is 13.3. The van der Waals surface area contributed by atoms with Gasteiger partial charge in [0.25, 0.3) is 0 Å². The molecule has 0 unspecified atom stereocenters. The highest BCUT2D eigenvalue weighted by atomic mass is 19.1. The van der Waals surface area contributed by atoms with E-state index in [2.05, 4.69) is 27.4 Å². The first-order chi connectivity index (χ1) is 19.2. The molecule has 0 bridgehead atoms. The number of amides is 3. The van der Waals surface area contributed by atoms with Crippen LogP contribution in [0.25, 0.3) is 0 Å². The van der Waals surface area contributed by atoms with Crippen LogP contribution in [0.15, 0.2) is 67.0 Å². The molecule has 0 aliphatic carbocycles. The van der Waals surface area contributed by atoms with Crippen LogP contribution in [0.5, 0.6) is 5.75 Å². The number of carbonyl (C=O) groups is 2. The summed E-state index contributed by atoms with van der Waals surface area (Å²) in [5, 5.41) is 15.3. The van der Waals surface area contributed by atoms with Gasteiger partial charge in [-0.1, -0.05) is 6.92 Å². The lowest BCUT2D eigenvalue weighted by Crippen LogP contribution is -2.47. The molecular formula is C30H36FN5O4. The van der Waals surface area contributed by atoms with Crippen molar-refractivity contribution in [3.63, 3.8) is 0 Å². The summed E-state index contributed by atoms with van der Waals surface area (Å²) in [5.41, 5.74) is 2.70. The average molecular weight is 550 g/mol. The van der Waals surface area contributed by atoms with Gasteiger partial charge in [-0.15, -0.1) is 0 Å². The van der Waals surface area contributed by atoms with Gasteiger partial charge in [0.1, 0.15) is 17.7 Å². The van der Waals surface area contributed by atoms with Crippen LogP contribution >= 0.6 is 0 Å². The van der Waals surface area contributed by atoms with E-state index in [1.54, 1.807) is 35.5 Å². The van der Waals surface area contributed by atoms with Crippen molar-refractivity contribution < 1.29 is 23.8 Å². The average Bonchev–Trinajstić information content (AvgIpc) is 2.97. The number of nitrogens with one attached hydrogen (secondary N) is 2. The molecule has 2 aromatic carbocycles. The number of aliphatic hydroxyl groups excluding tert-OH is 1. The number of rotatable bonds is 8. The van der Waals surface area contributed by atoms with E-state index in [1.165, 1.54) is 24.3 Å². The second-order valence-corrected chi connectivity index (χ2v) is 10.3. The fourth-order valence-electron chi connectivity index (χ4n) is 4.72. The number of fused-ring (bicyclic) bond motifs is 1. The van der Waals surface area contributed by atoms with Gasteiger partial charge in [0.2, 0.25) is 5.91 Å². The Balaban J connectivity index is 1.55. The third-order valence-electron chi connectivity index (χ3n) is 6.97. The van der Waals surface area contributed by atoms with Crippen LogP contribution < -0.4 is 15.4 Å². The summed E-state index contributed by atoms with van der Waals surface area (Å²) < 4.78 is 19.7. The molecule has 0 saturated heterocycles.